The number of carbonyl (C=O) groups excluding carboxylic acids is 1. The number of rotatable bonds is 10. The number of nitrogens with zero attached hydrogens (tertiary/aromatic N) is 5. The van der Waals surface area contributed by atoms with Gasteiger partial charge in [0.25, 0.3) is 22.6 Å². The maximum absolute atomic E-state index is 15.3. The Morgan fingerprint density at radius 1 is 1.09 bits per heavy atom. The van der Waals surface area contributed by atoms with Gasteiger partial charge < -0.3 is 10.4 Å². The lowest BCUT2D eigenvalue weighted by molar-refractivity contribution is -0.123. The smallest absolute Gasteiger partial charge is 0.297 e. The summed E-state index contributed by atoms with van der Waals surface area (Å²) in [5.74, 6) is -3.01. The molecule has 2 aliphatic carbocycles. The van der Waals surface area contributed by atoms with E-state index in [1.165, 1.54) is 31.6 Å². The van der Waals surface area contributed by atoms with Crippen LogP contribution < -0.4 is 15.2 Å². The fraction of sp³-hybridized carbons (Fsp3) is 0.333. The lowest BCUT2D eigenvalue weighted by atomic mass is 9.93. The maximum Gasteiger partial charge on any atom is 0.297 e. The Hall–Kier alpha value is -5.45. The van der Waals surface area contributed by atoms with E-state index < -0.39 is 81.5 Å². The van der Waals surface area contributed by atoms with E-state index in [-0.39, 0.29) is 41.2 Å². The zero-order chi connectivity index (χ0) is 39.8. The van der Waals surface area contributed by atoms with Crippen molar-refractivity contribution in [3.05, 3.63) is 94.1 Å². The third-order valence-electron chi connectivity index (χ3n) is 9.30. The van der Waals surface area contributed by atoms with Crippen molar-refractivity contribution in [2.24, 2.45) is 18.1 Å². The lowest BCUT2D eigenvalue weighted by Crippen LogP contribution is -2.35. The second kappa shape index (κ2) is 13.4. The number of amides is 1. The van der Waals surface area contributed by atoms with Gasteiger partial charge in [-0.15, -0.1) is 0 Å². The van der Waals surface area contributed by atoms with Crippen molar-refractivity contribution in [1.29, 1.82) is 0 Å². The molecule has 5 N–H and O–H groups in total. The fourth-order valence-electron chi connectivity index (χ4n) is 7.15. The number of alkyl halides is 4. The molecule has 12 nitrogen and oxygen atoms in total. The van der Waals surface area contributed by atoms with Gasteiger partial charge in [-0.25, -0.2) is 27.7 Å². The van der Waals surface area contributed by atoms with Gasteiger partial charge in [-0.2, -0.15) is 27.4 Å². The van der Waals surface area contributed by atoms with Crippen molar-refractivity contribution in [2.75, 3.05) is 4.72 Å². The van der Waals surface area contributed by atoms with E-state index in [9.17, 15) is 35.9 Å². The second-order valence-electron chi connectivity index (χ2n) is 14.0. The largest absolute Gasteiger partial charge is 0.378 e. The molecule has 2 aromatic carbocycles. The first-order valence-electron chi connectivity index (χ1n) is 16.7. The lowest BCUT2D eigenvalue weighted by Gasteiger charge is -2.23. The molecular formula is C36H32F6N8O4S. The molecule has 3 aromatic heterocycles. The third-order valence-corrected chi connectivity index (χ3v) is 9.78. The van der Waals surface area contributed by atoms with E-state index in [2.05, 4.69) is 32.1 Å². The number of aryl methyl sites for hydroxylation is 1. The van der Waals surface area contributed by atoms with E-state index in [0.717, 1.165) is 12.1 Å². The van der Waals surface area contributed by atoms with Gasteiger partial charge in [-0.05, 0) is 74.4 Å². The number of para-hydroxylation sites is 1. The molecule has 0 bridgehead atoms. The summed E-state index contributed by atoms with van der Waals surface area (Å²) in [4.78, 5) is 18.6. The molecule has 55 heavy (non-hydrogen) atoms. The molecular weight excluding hydrogens is 755 g/mol. The van der Waals surface area contributed by atoms with Gasteiger partial charge in [0, 0.05) is 41.1 Å². The summed E-state index contributed by atoms with van der Waals surface area (Å²) in [5.41, 5.74) is -2.07. The minimum absolute atomic E-state index is 0.0219. The highest BCUT2D eigenvalue weighted by molar-refractivity contribution is 7.90. The number of halogens is 6. The molecule has 1 fully saturated rings. The topological polar surface area (TPSA) is 170 Å². The van der Waals surface area contributed by atoms with Crippen LogP contribution in [-0.4, -0.2) is 49.6 Å². The summed E-state index contributed by atoms with van der Waals surface area (Å²) < 4.78 is 116. The van der Waals surface area contributed by atoms with Crippen LogP contribution in [0.15, 0.2) is 48.5 Å². The van der Waals surface area contributed by atoms with Gasteiger partial charge in [0.1, 0.15) is 40.9 Å². The van der Waals surface area contributed by atoms with Crippen LogP contribution in [0, 0.1) is 29.4 Å². The highest BCUT2D eigenvalue weighted by Gasteiger charge is 2.67. The van der Waals surface area contributed by atoms with Gasteiger partial charge >= 0.3 is 0 Å². The van der Waals surface area contributed by atoms with Gasteiger partial charge in [-0.3, -0.25) is 18.9 Å². The Balaban J connectivity index is 1.37. The first-order chi connectivity index (χ1) is 25.7. The highest BCUT2D eigenvalue weighted by atomic mass is 32.2. The summed E-state index contributed by atoms with van der Waals surface area (Å²) in [6, 6.07) is 9.25. The van der Waals surface area contributed by atoms with Crippen LogP contribution in [0.5, 0.6) is 0 Å². The predicted octanol–water partition coefficient (Wildman–Crippen LogP) is 5.09. The molecule has 19 heteroatoms. The average Bonchev–Trinajstić information content (AvgIpc) is 3.62. The van der Waals surface area contributed by atoms with Gasteiger partial charge in [0.2, 0.25) is 5.91 Å². The molecule has 7 rings (SSSR count). The molecule has 5 aromatic rings. The Morgan fingerprint density at radius 3 is 2.45 bits per heavy atom. The minimum atomic E-state index is -4.25. The second-order valence-corrected chi connectivity index (χ2v) is 15.3. The molecule has 0 aliphatic heterocycles. The van der Waals surface area contributed by atoms with Crippen molar-refractivity contribution in [3.8, 4) is 23.0 Å². The summed E-state index contributed by atoms with van der Waals surface area (Å²) >= 11 is 0. The first-order valence-corrected chi connectivity index (χ1v) is 18.3. The van der Waals surface area contributed by atoms with Crippen molar-refractivity contribution in [2.45, 2.75) is 63.1 Å². The summed E-state index contributed by atoms with van der Waals surface area (Å²) in [7, 11) is -2.72. The normalized spacial score (nSPS) is 17.7. The number of nitrogens with two attached hydrogens (primary N) is 1. The number of carbonyl (C=O) groups is 1. The molecule has 0 saturated heterocycles. The van der Waals surface area contributed by atoms with Crippen molar-refractivity contribution >= 4 is 32.8 Å². The minimum Gasteiger partial charge on any atom is -0.378 e. The number of hydrogen-bond acceptors (Lipinski definition) is 7. The number of aromatic nitrogens is 5. The average molecular weight is 787 g/mol. The van der Waals surface area contributed by atoms with E-state index in [4.69, 9.17) is 10.1 Å². The quantitative estimate of drug-likeness (QED) is 0.113. The number of hydrogen-bond donors (Lipinski definition) is 4. The molecule has 1 saturated carbocycles. The van der Waals surface area contributed by atoms with Crippen LogP contribution in [-0.2, 0) is 40.9 Å². The van der Waals surface area contributed by atoms with Crippen LogP contribution in [0.25, 0.3) is 22.0 Å². The standard InChI is InChI=1S/C36H32F6N8O4S/c1-35(2,52)10-9-20-7-8-21(22-5-4-6-23-31(22)49(3)47-34(23)48-55(43,53)54)29(44-20)26(13-17-11-18(37)14-19(38)12-17)45-27(51)16-50-32-28(30(46-50)33(39)40)24-15-25(24)36(32,41)42/h4-8,11-12,14,24-26,33,52H,13,15-16H2,1-3H3,(H,45,51)(H,47,48)(H2,43,53,54)/t24-,25+,26?/m0/s1. The molecule has 0 radical (unpaired) electrons. The van der Waals surface area contributed by atoms with E-state index in [1.807, 2.05) is 0 Å². The molecule has 1 unspecified atom stereocenters. The van der Waals surface area contributed by atoms with Crippen molar-refractivity contribution in [1.82, 2.24) is 29.9 Å². The molecule has 1 amide bonds. The highest BCUT2D eigenvalue weighted by Crippen LogP contribution is 2.68. The van der Waals surface area contributed by atoms with Crippen molar-refractivity contribution < 1.29 is 44.7 Å². The number of anilines is 1. The van der Waals surface area contributed by atoms with E-state index in [1.54, 1.807) is 24.3 Å². The summed E-state index contributed by atoms with van der Waals surface area (Å²) in [6.07, 6.45) is -3.48. The molecule has 0 spiro atoms. The summed E-state index contributed by atoms with van der Waals surface area (Å²) in [5, 5.41) is 26.5. The SMILES string of the molecule is Cn1nc(NS(N)(=O)=O)c2cccc(-c3ccc(C#CC(C)(C)O)nc3C(Cc3cc(F)cc(F)c3)NC(=O)Cn3nc(C(F)F)c4c3C(F)(F)[C@@H]3C[C@H]43)c21. The Labute approximate surface area is 309 Å². The molecule has 3 heterocycles. The van der Waals surface area contributed by atoms with E-state index >= 15 is 8.78 Å². The van der Waals surface area contributed by atoms with Gasteiger partial charge in [0.05, 0.1) is 17.3 Å². The predicted molar refractivity (Wildman–Crippen MR) is 187 cm³/mol. The molecule has 2 aliphatic rings. The van der Waals surface area contributed by atoms with Crippen LogP contribution in [0.1, 0.15) is 72.6 Å². The van der Waals surface area contributed by atoms with Crippen LogP contribution >= 0.6 is 0 Å². The number of aliphatic hydroxyl groups is 1. The zero-order valence-electron chi connectivity index (χ0n) is 29.2. The molecule has 288 valence electrons. The first kappa shape index (κ1) is 37.8. The number of benzene rings is 2. The van der Waals surface area contributed by atoms with E-state index in [0.29, 0.717) is 32.8 Å². The van der Waals surface area contributed by atoms with Crippen molar-refractivity contribution in [3.63, 3.8) is 0 Å². The molecule has 3 atom stereocenters. The van der Waals surface area contributed by atoms with Crippen LogP contribution in [0.4, 0.5) is 32.2 Å². The number of pyridine rings is 1. The zero-order valence-corrected chi connectivity index (χ0v) is 30.0. The van der Waals surface area contributed by atoms with Crippen LogP contribution in [0.2, 0.25) is 0 Å². The summed E-state index contributed by atoms with van der Waals surface area (Å²) in [6.45, 7) is 1.96. The van der Waals surface area contributed by atoms with Gasteiger partial charge in [-0.1, -0.05) is 18.1 Å². The van der Waals surface area contributed by atoms with Crippen LogP contribution in [0.3, 0.4) is 0 Å². The fourth-order valence-corrected chi connectivity index (χ4v) is 7.57. The number of nitrogens with one attached hydrogen (secondary N) is 2. The maximum atomic E-state index is 15.3. The number of fused-ring (bicyclic) bond motifs is 4. The Morgan fingerprint density at radius 2 is 1.80 bits per heavy atom. The monoisotopic (exact) mass is 786 g/mol. The Bertz CT molecular complexity index is 2540. The third kappa shape index (κ3) is 7.49. The Kier molecular flexibility index (Phi) is 9.21. The van der Waals surface area contributed by atoms with Gasteiger partial charge in [0.15, 0.2) is 5.82 Å².